The van der Waals surface area contributed by atoms with Gasteiger partial charge in [0.1, 0.15) is 5.69 Å². The van der Waals surface area contributed by atoms with Gasteiger partial charge in [-0.3, -0.25) is 0 Å². The van der Waals surface area contributed by atoms with Crippen LogP contribution < -0.4 is 4.74 Å². The van der Waals surface area contributed by atoms with Crippen molar-refractivity contribution in [2.75, 3.05) is 12.4 Å². The molecule has 0 atom stereocenters. The van der Waals surface area contributed by atoms with Crippen molar-refractivity contribution in [3.63, 3.8) is 0 Å². The Kier molecular flexibility index (Phi) is 9.91. The molecule has 0 aliphatic carbocycles. The lowest BCUT2D eigenvalue weighted by Gasteiger charge is -2.11. The Morgan fingerprint density at radius 1 is 0.926 bits per heavy atom. The number of hydrogen-bond donors (Lipinski definition) is 0. The molecule has 0 spiro atoms. The first-order valence-electron chi connectivity index (χ1n) is 9.80. The van der Waals surface area contributed by atoms with Crippen LogP contribution in [0.15, 0.2) is 57.6 Å². The summed E-state index contributed by atoms with van der Waals surface area (Å²) in [5, 5.41) is 8.49. The molecule has 0 bridgehead atoms. The van der Waals surface area contributed by atoms with Crippen molar-refractivity contribution in [1.29, 1.82) is 0 Å². The average molecular weight is 389 g/mol. The molecular weight excluding hydrogens is 359 g/mol. The van der Waals surface area contributed by atoms with Gasteiger partial charge in [-0.1, -0.05) is 57.7 Å². The van der Waals surface area contributed by atoms with Crippen molar-refractivity contribution >= 4 is 23.1 Å². The van der Waals surface area contributed by atoms with Crippen LogP contribution >= 0.6 is 11.8 Å². The smallest absolute Gasteiger partial charge is 0.167 e. The molecule has 2 aromatic rings. The number of thioether (sulfide) groups is 1. The predicted molar refractivity (Wildman–Crippen MR) is 112 cm³/mol. The lowest BCUT2D eigenvalue weighted by atomic mass is 10.2. The highest BCUT2D eigenvalue weighted by Crippen LogP contribution is 2.36. The van der Waals surface area contributed by atoms with Crippen molar-refractivity contribution < 1.29 is 9.13 Å². The molecule has 0 aliphatic heterocycles. The Labute approximate surface area is 166 Å². The maximum atomic E-state index is 14.5. The second kappa shape index (κ2) is 12.5. The second-order valence-corrected chi connectivity index (χ2v) is 7.53. The first-order chi connectivity index (χ1) is 13.2. The van der Waals surface area contributed by atoms with Crippen LogP contribution in [0.25, 0.3) is 0 Å². The molecule has 27 heavy (non-hydrogen) atoms. The molecule has 0 unspecified atom stereocenters. The average Bonchev–Trinajstić information content (AvgIpc) is 2.70. The molecule has 0 amide bonds. The minimum Gasteiger partial charge on any atom is -0.490 e. The van der Waals surface area contributed by atoms with Gasteiger partial charge in [0.25, 0.3) is 0 Å². The van der Waals surface area contributed by atoms with Crippen molar-refractivity contribution in [3.05, 3.63) is 48.3 Å². The summed E-state index contributed by atoms with van der Waals surface area (Å²) in [7, 11) is 0. The molecule has 0 N–H and O–H groups in total. The van der Waals surface area contributed by atoms with Crippen LogP contribution in [0.3, 0.4) is 0 Å². The largest absolute Gasteiger partial charge is 0.490 e. The number of unbranched alkanes of at least 4 members (excludes halogenated alkanes) is 4. The predicted octanol–water partition coefficient (Wildman–Crippen LogP) is 8.09. The third kappa shape index (κ3) is 7.71. The summed E-state index contributed by atoms with van der Waals surface area (Å²) >= 11 is 1.65. The number of nitrogens with zero attached hydrogens (tertiary/aromatic N) is 2. The van der Waals surface area contributed by atoms with Gasteiger partial charge in [0, 0.05) is 11.0 Å². The molecular formula is C22H29FN2OS. The summed E-state index contributed by atoms with van der Waals surface area (Å²) in [5.74, 6) is 0.866. The molecule has 2 rings (SSSR count). The van der Waals surface area contributed by atoms with E-state index in [-0.39, 0.29) is 5.82 Å². The Morgan fingerprint density at radius 3 is 2.44 bits per heavy atom. The van der Waals surface area contributed by atoms with E-state index in [1.165, 1.54) is 25.3 Å². The topological polar surface area (TPSA) is 34.0 Å². The van der Waals surface area contributed by atoms with Crippen molar-refractivity contribution in [2.45, 2.75) is 57.3 Å². The minimum atomic E-state index is -0.383. The third-order valence-corrected chi connectivity index (χ3v) is 5.26. The Bertz CT molecular complexity index is 707. The van der Waals surface area contributed by atoms with E-state index in [9.17, 15) is 4.39 Å². The first-order valence-corrected chi connectivity index (χ1v) is 10.8. The van der Waals surface area contributed by atoms with Gasteiger partial charge < -0.3 is 4.74 Å². The van der Waals surface area contributed by atoms with Crippen LogP contribution in [0.5, 0.6) is 5.75 Å². The highest BCUT2D eigenvalue weighted by Gasteiger charge is 2.12. The zero-order valence-electron chi connectivity index (χ0n) is 16.3. The molecule has 5 heteroatoms. The summed E-state index contributed by atoms with van der Waals surface area (Å²) in [6.45, 7) is 4.86. The molecule has 0 radical (unpaired) electrons. The van der Waals surface area contributed by atoms with E-state index in [4.69, 9.17) is 4.74 Å². The number of rotatable bonds is 12. The molecule has 0 saturated carbocycles. The van der Waals surface area contributed by atoms with Gasteiger partial charge in [0.2, 0.25) is 0 Å². The SMILES string of the molecule is CCCCCCCOc1cc(SCCC)c(N=Nc2ccccc2)cc1F. The quantitative estimate of drug-likeness (QED) is 0.209. The second-order valence-electron chi connectivity index (χ2n) is 6.40. The lowest BCUT2D eigenvalue weighted by Crippen LogP contribution is -1.99. The number of halogens is 1. The van der Waals surface area contributed by atoms with Crippen molar-refractivity contribution in [1.82, 2.24) is 0 Å². The van der Waals surface area contributed by atoms with Gasteiger partial charge in [-0.15, -0.1) is 16.9 Å². The lowest BCUT2D eigenvalue weighted by molar-refractivity contribution is 0.289. The maximum absolute atomic E-state index is 14.5. The third-order valence-electron chi connectivity index (χ3n) is 4.01. The molecule has 0 aromatic heterocycles. The Hall–Kier alpha value is -1.88. The molecule has 0 saturated heterocycles. The number of ether oxygens (including phenoxy) is 1. The van der Waals surface area contributed by atoms with Crippen LogP contribution in [0.2, 0.25) is 0 Å². The van der Waals surface area contributed by atoms with E-state index in [0.29, 0.717) is 18.0 Å². The van der Waals surface area contributed by atoms with E-state index < -0.39 is 0 Å². The standard InChI is InChI=1S/C22H29FN2OS/c1-3-5-6-7-11-14-26-21-17-22(27-15-4-2)20(16-19(21)23)25-24-18-12-9-8-10-13-18/h8-10,12-13,16-17H,3-7,11,14-15H2,1-2H3. The molecule has 3 nitrogen and oxygen atoms in total. The van der Waals surface area contributed by atoms with Crippen LogP contribution in [0.1, 0.15) is 52.4 Å². The summed E-state index contributed by atoms with van der Waals surface area (Å²) < 4.78 is 20.2. The number of benzene rings is 2. The highest BCUT2D eigenvalue weighted by molar-refractivity contribution is 7.99. The Morgan fingerprint density at radius 2 is 1.70 bits per heavy atom. The van der Waals surface area contributed by atoms with Gasteiger partial charge in [0.05, 0.1) is 12.3 Å². The minimum absolute atomic E-state index is 0.308. The highest BCUT2D eigenvalue weighted by atomic mass is 32.2. The zero-order chi connectivity index (χ0) is 19.3. The van der Waals surface area contributed by atoms with E-state index in [0.717, 1.165) is 35.6 Å². The van der Waals surface area contributed by atoms with Crippen LogP contribution in [0, 0.1) is 5.82 Å². The fourth-order valence-corrected chi connectivity index (χ4v) is 3.40. The van der Waals surface area contributed by atoms with Gasteiger partial charge in [-0.2, -0.15) is 5.11 Å². The van der Waals surface area contributed by atoms with Crippen LogP contribution in [-0.2, 0) is 0 Å². The normalized spacial score (nSPS) is 11.2. The number of hydrogen-bond acceptors (Lipinski definition) is 4. The fraction of sp³-hybridized carbons (Fsp3) is 0.455. The molecule has 0 heterocycles. The zero-order valence-corrected chi connectivity index (χ0v) is 17.1. The van der Waals surface area contributed by atoms with Gasteiger partial charge in [-0.25, -0.2) is 4.39 Å². The molecule has 0 fully saturated rings. The van der Waals surface area contributed by atoms with Gasteiger partial charge in [-0.05, 0) is 36.8 Å². The monoisotopic (exact) mass is 388 g/mol. The fourth-order valence-electron chi connectivity index (χ4n) is 2.53. The van der Waals surface area contributed by atoms with Crippen molar-refractivity contribution in [2.24, 2.45) is 10.2 Å². The summed E-state index contributed by atoms with van der Waals surface area (Å²) in [5.41, 5.74) is 1.29. The van der Waals surface area contributed by atoms with Crippen LogP contribution in [0.4, 0.5) is 15.8 Å². The Balaban J connectivity index is 2.07. The molecule has 2 aromatic carbocycles. The molecule has 0 aliphatic rings. The summed E-state index contributed by atoms with van der Waals surface area (Å²) in [4.78, 5) is 0.902. The van der Waals surface area contributed by atoms with Gasteiger partial charge in [0.15, 0.2) is 11.6 Å². The van der Waals surface area contributed by atoms with E-state index >= 15 is 0 Å². The summed E-state index contributed by atoms with van der Waals surface area (Å²) in [6, 6.07) is 12.7. The molecule has 146 valence electrons. The number of azo groups is 1. The van der Waals surface area contributed by atoms with E-state index in [1.54, 1.807) is 17.8 Å². The van der Waals surface area contributed by atoms with Gasteiger partial charge >= 0.3 is 0 Å². The van der Waals surface area contributed by atoms with Crippen LogP contribution in [-0.4, -0.2) is 12.4 Å². The summed E-state index contributed by atoms with van der Waals surface area (Å²) in [6.07, 6.45) is 6.77. The van der Waals surface area contributed by atoms with Crippen molar-refractivity contribution in [3.8, 4) is 5.75 Å². The first kappa shape index (κ1) is 21.4. The van der Waals surface area contributed by atoms with E-state index in [1.807, 2.05) is 30.3 Å². The van der Waals surface area contributed by atoms with E-state index in [2.05, 4.69) is 24.1 Å². The maximum Gasteiger partial charge on any atom is 0.167 e.